The lowest BCUT2D eigenvalue weighted by Crippen LogP contribution is -2.52. The molecule has 2 heterocycles. The van der Waals surface area contributed by atoms with Crippen molar-refractivity contribution in [2.24, 2.45) is 46.3 Å². The van der Waals surface area contributed by atoms with Crippen molar-refractivity contribution in [3.8, 4) is 0 Å². The van der Waals surface area contributed by atoms with Gasteiger partial charge in [0.2, 0.25) is 0 Å². The molecule has 3 nitrogen and oxygen atoms in total. The van der Waals surface area contributed by atoms with Crippen LogP contribution in [0.1, 0.15) is 120 Å². The normalized spacial score (nSPS) is 52.0. The van der Waals surface area contributed by atoms with Crippen LogP contribution in [0.3, 0.4) is 0 Å². The topological polar surface area (TPSA) is 38.7 Å². The molecule has 0 bridgehead atoms. The fourth-order valence-corrected chi connectivity index (χ4v) is 9.66. The van der Waals surface area contributed by atoms with Gasteiger partial charge in [0.15, 0.2) is 5.79 Å². The largest absolute Gasteiger partial charge is 0.393 e. The van der Waals surface area contributed by atoms with Gasteiger partial charge in [0.1, 0.15) is 0 Å². The first-order chi connectivity index (χ1) is 16.7. The van der Waals surface area contributed by atoms with Gasteiger partial charge in [-0.15, -0.1) is 0 Å². The van der Waals surface area contributed by atoms with Gasteiger partial charge >= 0.3 is 0 Å². The summed E-state index contributed by atoms with van der Waals surface area (Å²) in [6, 6.07) is 0. The molecule has 6 aliphatic rings. The Balaban J connectivity index is 0.000000539. The molecule has 2 aliphatic heterocycles. The smallest absolute Gasteiger partial charge is 0.171 e. The zero-order valence-corrected chi connectivity index (χ0v) is 24.2. The molecule has 3 heteroatoms. The molecule has 6 rings (SSSR count). The number of fused-ring (bicyclic) bond motifs is 7. The van der Waals surface area contributed by atoms with Crippen molar-refractivity contribution in [2.75, 3.05) is 6.61 Å². The third-order valence-electron chi connectivity index (χ3n) is 11.3. The first kappa shape index (κ1) is 27.6. The predicted molar refractivity (Wildman–Crippen MR) is 145 cm³/mol. The summed E-state index contributed by atoms with van der Waals surface area (Å²) in [6.45, 7) is 19.0. The van der Waals surface area contributed by atoms with Crippen LogP contribution in [0.4, 0.5) is 0 Å². The van der Waals surface area contributed by atoms with E-state index in [1.807, 2.05) is 13.8 Å². The fourth-order valence-electron chi connectivity index (χ4n) is 9.66. The highest BCUT2D eigenvalue weighted by Gasteiger charge is 2.68. The molecule has 4 aliphatic carbocycles. The van der Waals surface area contributed by atoms with Gasteiger partial charge in [-0.3, -0.25) is 0 Å². The molecule has 0 amide bonds. The predicted octanol–water partition coefficient (Wildman–Crippen LogP) is 8.16. The monoisotopic (exact) mass is 488 g/mol. The second-order valence-electron chi connectivity index (χ2n) is 13.4. The zero-order chi connectivity index (χ0) is 25.6. The summed E-state index contributed by atoms with van der Waals surface area (Å²) in [5.41, 5.74) is 2.31. The van der Waals surface area contributed by atoms with E-state index in [-0.39, 0.29) is 11.9 Å². The Morgan fingerprint density at radius 1 is 1.00 bits per heavy atom. The molecule has 0 aromatic carbocycles. The average Bonchev–Trinajstić information content (AvgIpc) is 3.28. The van der Waals surface area contributed by atoms with Gasteiger partial charge in [-0.1, -0.05) is 73.5 Å². The highest BCUT2D eigenvalue weighted by atomic mass is 16.7. The first-order valence-electron chi connectivity index (χ1n) is 15.4. The summed E-state index contributed by atoms with van der Waals surface area (Å²) in [5, 5.41) is 10.3. The third-order valence-corrected chi connectivity index (χ3v) is 11.3. The molecule has 2 saturated heterocycles. The van der Waals surface area contributed by atoms with Gasteiger partial charge in [0, 0.05) is 12.3 Å². The minimum atomic E-state index is -0.294. The van der Waals surface area contributed by atoms with E-state index >= 15 is 0 Å². The molecule has 5 fully saturated rings. The van der Waals surface area contributed by atoms with E-state index < -0.39 is 0 Å². The standard InChI is InChI=1S/C27H42O3.C3H8.C2H6/c1-16-7-12-27(29-15-16)17(2)24-23(30-27)14-22-20-6-5-18-13-19(28)8-10-25(18,3)21(20)9-11-26(22,24)4;1-3-2;1-2/h5,16-17,19-24,28H,6-15H2,1-4H3;3H2,1-2H3;1-2H3. The fraction of sp³-hybridized carbons (Fsp3) is 0.938. The Labute approximate surface area is 216 Å². The minimum absolute atomic E-state index is 0.107. The van der Waals surface area contributed by atoms with Crippen LogP contribution < -0.4 is 0 Å². The Morgan fingerprint density at radius 3 is 2.37 bits per heavy atom. The summed E-state index contributed by atoms with van der Waals surface area (Å²) < 4.78 is 13.3. The molecular weight excluding hydrogens is 432 g/mol. The van der Waals surface area contributed by atoms with Crippen molar-refractivity contribution in [2.45, 2.75) is 138 Å². The van der Waals surface area contributed by atoms with Crippen molar-refractivity contribution >= 4 is 0 Å². The quantitative estimate of drug-likeness (QED) is 0.350. The molecule has 1 spiro atoms. The minimum Gasteiger partial charge on any atom is -0.393 e. The summed E-state index contributed by atoms with van der Waals surface area (Å²) in [5.74, 6) is 3.94. The number of allylic oxidation sites excluding steroid dienone is 1. The van der Waals surface area contributed by atoms with Crippen molar-refractivity contribution in [1.29, 1.82) is 0 Å². The molecule has 0 aromatic rings. The van der Waals surface area contributed by atoms with Gasteiger partial charge in [0.05, 0.1) is 18.8 Å². The molecule has 11 unspecified atom stereocenters. The molecule has 11 atom stereocenters. The van der Waals surface area contributed by atoms with E-state index in [1.165, 1.54) is 44.9 Å². The molecule has 1 N–H and O–H groups in total. The van der Waals surface area contributed by atoms with E-state index in [0.717, 1.165) is 43.6 Å². The Morgan fingerprint density at radius 2 is 1.71 bits per heavy atom. The van der Waals surface area contributed by atoms with Crippen molar-refractivity contribution in [3.05, 3.63) is 11.6 Å². The Bertz CT molecular complexity index is 752. The van der Waals surface area contributed by atoms with E-state index in [2.05, 4.69) is 47.6 Å². The van der Waals surface area contributed by atoms with Crippen molar-refractivity contribution in [3.63, 3.8) is 0 Å². The number of hydrogen-bond donors (Lipinski definition) is 1. The summed E-state index contributed by atoms with van der Waals surface area (Å²) in [7, 11) is 0. The number of ether oxygens (including phenoxy) is 2. The number of hydrogen-bond acceptors (Lipinski definition) is 3. The van der Waals surface area contributed by atoms with Crippen LogP contribution in [0.2, 0.25) is 0 Å². The molecule has 0 aromatic heterocycles. The Hall–Kier alpha value is -0.380. The van der Waals surface area contributed by atoms with Crippen molar-refractivity contribution in [1.82, 2.24) is 0 Å². The lowest BCUT2D eigenvalue weighted by Gasteiger charge is -2.58. The molecule has 202 valence electrons. The van der Waals surface area contributed by atoms with Crippen LogP contribution in [0, 0.1) is 46.3 Å². The van der Waals surface area contributed by atoms with Crippen LogP contribution in [-0.4, -0.2) is 29.7 Å². The van der Waals surface area contributed by atoms with Gasteiger partial charge in [-0.05, 0) is 91.8 Å². The van der Waals surface area contributed by atoms with Crippen LogP contribution in [0.25, 0.3) is 0 Å². The van der Waals surface area contributed by atoms with Crippen LogP contribution in [0.15, 0.2) is 11.6 Å². The maximum absolute atomic E-state index is 10.3. The second-order valence-corrected chi connectivity index (χ2v) is 13.4. The summed E-state index contributed by atoms with van der Waals surface area (Å²) in [4.78, 5) is 0. The van der Waals surface area contributed by atoms with E-state index in [4.69, 9.17) is 9.47 Å². The lowest BCUT2D eigenvalue weighted by atomic mass is 9.47. The first-order valence-corrected chi connectivity index (χ1v) is 15.4. The average molecular weight is 489 g/mol. The summed E-state index contributed by atoms with van der Waals surface area (Å²) >= 11 is 0. The molecule has 0 radical (unpaired) electrons. The van der Waals surface area contributed by atoms with Gasteiger partial charge in [0.25, 0.3) is 0 Å². The van der Waals surface area contributed by atoms with Gasteiger partial charge in [-0.25, -0.2) is 0 Å². The maximum atomic E-state index is 10.3. The number of aliphatic hydroxyl groups excluding tert-OH is 1. The zero-order valence-electron chi connectivity index (χ0n) is 24.2. The van der Waals surface area contributed by atoms with Crippen LogP contribution in [0.5, 0.6) is 0 Å². The van der Waals surface area contributed by atoms with E-state index in [1.54, 1.807) is 5.57 Å². The van der Waals surface area contributed by atoms with E-state index in [0.29, 0.717) is 34.7 Å². The summed E-state index contributed by atoms with van der Waals surface area (Å²) in [6.07, 6.45) is 14.7. The SMILES string of the molecule is CC.CC1CCC2(OC1)OC1CC3C4CC=C5CC(O)CCC5(C)C4CCC3(C)C1C2C.CCC. The third kappa shape index (κ3) is 4.38. The van der Waals surface area contributed by atoms with Gasteiger partial charge in [-0.2, -0.15) is 0 Å². The highest BCUT2D eigenvalue weighted by Crippen LogP contribution is 2.70. The molecule has 35 heavy (non-hydrogen) atoms. The van der Waals surface area contributed by atoms with Crippen LogP contribution >= 0.6 is 0 Å². The van der Waals surface area contributed by atoms with Crippen molar-refractivity contribution < 1.29 is 14.6 Å². The molecular formula is C32H56O3. The van der Waals surface area contributed by atoms with Crippen LogP contribution in [-0.2, 0) is 9.47 Å². The Kier molecular flexibility index (Phi) is 8.22. The highest BCUT2D eigenvalue weighted by molar-refractivity contribution is 5.26. The maximum Gasteiger partial charge on any atom is 0.171 e. The van der Waals surface area contributed by atoms with E-state index in [9.17, 15) is 5.11 Å². The molecule has 3 saturated carbocycles. The number of rotatable bonds is 0. The second kappa shape index (κ2) is 10.4. The van der Waals surface area contributed by atoms with Gasteiger partial charge < -0.3 is 14.6 Å². The lowest BCUT2D eigenvalue weighted by molar-refractivity contribution is -0.272. The number of aliphatic hydroxyl groups is 1.